The van der Waals surface area contributed by atoms with Crippen LogP contribution < -0.4 is 0 Å². The molecule has 2 fully saturated rings. The molecule has 0 bridgehead atoms. The second-order valence-electron chi connectivity index (χ2n) is 6.52. The number of benzene rings is 1. The van der Waals surface area contributed by atoms with Crippen molar-refractivity contribution in [3.63, 3.8) is 0 Å². The summed E-state index contributed by atoms with van der Waals surface area (Å²) in [5, 5.41) is 0.743. The predicted octanol–water partition coefficient (Wildman–Crippen LogP) is 4.03. The highest BCUT2D eigenvalue weighted by atomic mass is 35.5. The molecule has 0 spiro atoms. The first-order valence-corrected chi connectivity index (χ1v) is 8.56. The van der Waals surface area contributed by atoms with E-state index in [-0.39, 0.29) is 11.8 Å². The Balaban J connectivity index is 1.46. The molecule has 3 nitrogen and oxygen atoms in total. The first-order chi connectivity index (χ1) is 11.2. The lowest BCUT2D eigenvalue weighted by molar-refractivity contribution is -0.134. The second kappa shape index (κ2) is 5.97. The number of halogens is 1. The fourth-order valence-corrected chi connectivity index (χ4v) is 3.32. The van der Waals surface area contributed by atoms with E-state index in [1.807, 2.05) is 47.4 Å². The molecule has 4 rings (SSSR count). The van der Waals surface area contributed by atoms with Crippen LogP contribution in [0.2, 0.25) is 5.02 Å². The van der Waals surface area contributed by atoms with Crippen molar-refractivity contribution in [2.24, 2.45) is 5.92 Å². The molecule has 2 aliphatic rings. The minimum absolute atomic E-state index is 0.125. The summed E-state index contributed by atoms with van der Waals surface area (Å²) in [4.78, 5) is 19.3. The molecule has 2 aromatic rings. The lowest BCUT2D eigenvalue weighted by Crippen LogP contribution is -2.34. The maximum atomic E-state index is 12.9. The van der Waals surface area contributed by atoms with Gasteiger partial charge in [-0.05, 0) is 55.0 Å². The minimum atomic E-state index is 0.125. The van der Waals surface area contributed by atoms with E-state index >= 15 is 0 Å². The number of pyridine rings is 1. The number of hydrogen-bond acceptors (Lipinski definition) is 2. The molecule has 4 heteroatoms. The topological polar surface area (TPSA) is 33.2 Å². The van der Waals surface area contributed by atoms with E-state index in [1.165, 1.54) is 5.56 Å². The predicted molar refractivity (Wildman–Crippen MR) is 90.1 cm³/mol. The Labute approximate surface area is 141 Å². The molecule has 0 aliphatic heterocycles. The van der Waals surface area contributed by atoms with Gasteiger partial charge in [-0.3, -0.25) is 9.78 Å². The first-order valence-electron chi connectivity index (χ1n) is 8.18. The molecular formula is C19H19ClN2O. The maximum absolute atomic E-state index is 12.9. The molecule has 118 valence electrons. The van der Waals surface area contributed by atoms with E-state index in [0.29, 0.717) is 18.5 Å². The van der Waals surface area contributed by atoms with Gasteiger partial charge in [0, 0.05) is 23.2 Å². The molecule has 0 radical (unpaired) electrons. The van der Waals surface area contributed by atoms with Crippen LogP contribution in [-0.4, -0.2) is 21.8 Å². The molecule has 0 unspecified atom stereocenters. The summed E-state index contributed by atoms with van der Waals surface area (Å²) in [6, 6.07) is 14.2. The largest absolute Gasteiger partial charge is 0.334 e. The normalized spacial score (nSPS) is 22.7. The Morgan fingerprint density at radius 3 is 2.61 bits per heavy atom. The van der Waals surface area contributed by atoms with Crippen molar-refractivity contribution in [1.29, 1.82) is 0 Å². The fraction of sp³-hybridized carbons (Fsp3) is 0.368. The van der Waals surface area contributed by atoms with Crippen LogP contribution in [0.4, 0.5) is 0 Å². The van der Waals surface area contributed by atoms with Crippen molar-refractivity contribution in [3.05, 3.63) is 64.9 Å². The van der Waals surface area contributed by atoms with Gasteiger partial charge in [-0.1, -0.05) is 29.8 Å². The maximum Gasteiger partial charge on any atom is 0.226 e. The smallest absolute Gasteiger partial charge is 0.226 e. The zero-order valence-corrected chi connectivity index (χ0v) is 13.6. The Bertz CT molecular complexity index is 697. The Kier molecular flexibility index (Phi) is 3.82. The van der Waals surface area contributed by atoms with Gasteiger partial charge in [0.2, 0.25) is 5.91 Å². The lowest BCUT2D eigenvalue weighted by Gasteiger charge is -2.22. The average molecular weight is 327 g/mol. The number of hydrogen-bond donors (Lipinski definition) is 0. The number of amides is 1. The van der Waals surface area contributed by atoms with Gasteiger partial charge in [0.25, 0.3) is 0 Å². The van der Waals surface area contributed by atoms with Crippen LogP contribution in [0.25, 0.3) is 0 Å². The van der Waals surface area contributed by atoms with Gasteiger partial charge in [-0.2, -0.15) is 0 Å². The first kappa shape index (κ1) is 14.7. The SMILES string of the molecule is O=C([C@@H]1C[C@@H]1c1ccc(Cl)cc1)N(Cc1ccccn1)C1CC1. The van der Waals surface area contributed by atoms with Gasteiger partial charge in [-0.15, -0.1) is 0 Å². The molecule has 0 N–H and O–H groups in total. The van der Waals surface area contributed by atoms with Gasteiger partial charge in [0.15, 0.2) is 0 Å². The number of aromatic nitrogens is 1. The van der Waals surface area contributed by atoms with Crippen LogP contribution in [0.1, 0.15) is 36.4 Å². The van der Waals surface area contributed by atoms with E-state index in [0.717, 1.165) is 30.0 Å². The van der Waals surface area contributed by atoms with Crippen LogP contribution in [0.15, 0.2) is 48.7 Å². The van der Waals surface area contributed by atoms with E-state index in [1.54, 1.807) is 6.20 Å². The monoisotopic (exact) mass is 326 g/mol. The number of carbonyl (C=O) groups is 1. The quantitative estimate of drug-likeness (QED) is 0.831. The summed E-state index contributed by atoms with van der Waals surface area (Å²) in [5.74, 6) is 0.767. The van der Waals surface area contributed by atoms with Crippen LogP contribution in [0.5, 0.6) is 0 Å². The van der Waals surface area contributed by atoms with Gasteiger partial charge in [-0.25, -0.2) is 0 Å². The fourth-order valence-electron chi connectivity index (χ4n) is 3.20. The van der Waals surface area contributed by atoms with Crippen LogP contribution >= 0.6 is 11.6 Å². The van der Waals surface area contributed by atoms with Crippen LogP contribution in [0.3, 0.4) is 0 Å². The van der Waals surface area contributed by atoms with Crippen LogP contribution in [0, 0.1) is 5.92 Å². The summed E-state index contributed by atoms with van der Waals surface area (Å²) in [6.07, 6.45) is 4.98. The number of nitrogens with zero attached hydrogens (tertiary/aromatic N) is 2. The molecule has 1 heterocycles. The van der Waals surface area contributed by atoms with Crippen LogP contribution in [-0.2, 0) is 11.3 Å². The lowest BCUT2D eigenvalue weighted by atomic mass is 10.1. The van der Waals surface area contributed by atoms with Crippen molar-refractivity contribution in [2.75, 3.05) is 0 Å². The Morgan fingerprint density at radius 2 is 1.96 bits per heavy atom. The Morgan fingerprint density at radius 1 is 1.17 bits per heavy atom. The zero-order valence-electron chi connectivity index (χ0n) is 12.9. The molecule has 1 amide bonds. The van der Waals surface area contributed by atoms with Gasteiger partial charge >= 0.3 is 0 Å². The molecular weight excluding hydrogens is 308 g/mol. The van der Waals surface area contributed by atoms with Crippen molar-refractivity contribution in [2.45, 2.75) is 37.8 Å². The van der Waals surface area contributed by atoms with E-state index in [2.05, 4.69) is 4.98 Å². The summed E-state index contributed by atoms with van der Waals surface area (Å²) < 4.78 is 0. The highest BCUT2D eigenvalue weighted by Gasteiger charge is 2.48. The highest BCUT2D eigenvalue weighted by molar-refractivity contribution is 6.30. The number of rotatable bonds is 5. The standard InChI is InChI=1S/C19H19ClN2O/c20-14-6-4-13(5-7-14)17-11-18(17)19(23)22(16-8-9-16)12-15-3-1-2-10-21-15/h1-7,10,16-18H,8-9,11-12H2/t17-,18-/m1/s1. The molecule has 2 atom stereocenters. The van der Waals surface area contributed by atoms with Crippen molar-refractivity contribution >= 4 is 17.5 Å². The Hall–Kier alpha value is -1.87. The minimum Gasteiger partial charge on any atom is -0.334 e. The van der Waals surface area contributed by atoms with Gasteiger partial charge in [0.05, 0.1) is 12.2 Å². The average Bonchev–Trinajstić information content (AvgIpc) is 3.47. The molecule has 23 heavy (non-hydrogen) atoms. The molecule has 1 aromatic carbocycles. The molecule has 0 saturated heterocycles. The van der Waals surface area contributed by atoms with E-state index < -0.39 is 0 Å². The zero-order chi connectivity index (χ0) is 15.8. The summed E-state index contributed by atoms with van der Waals surface area (Å²) in [6.45, 7) is 0.633. The molecule has 2 aliphatic carbocycles. The van der Waals surface area contributed by atoms with E-state index in [9.17, 15) is 4.79 Å². The molecule has 2 saturated carbocycles. The third-order valence-electron chi connectivity index (χ3n) is 4.74. The van der Waals surface area contributed by atoms with Gasteiger partial charge < -0.3 is 4.90 Å². The van der Waals surface area contributed by atoms with Gasteiger partial charge in [0.1, 0.15) is 0 Å². The van der Waals surface area contributed by atoms with Crippen molar-refractivity contribution < 1.29 is 4.79 Å². The third-order valence-corrected chi connectivity index (χ3v) is 4.99. The highest BCUT2D eigenvalue weighted by Crippen LogP contribution is 2.49. The second-order valence-corrected chi connectivity index (χ2v) is 6.96. The summed E-state index contributed by atoms with van der Waals surface area (Å²) in [5.41, 5.74) is 2.19. The molecule has 1 aromatic heterocycles. The van der Waals surface area contributed by atoms with E-state index in [4.69, 9.17) is 11.6 Å². The third kappa shape index (κ3) is 3.25. The summed E-state index contributed by atoms with van der Waals surface area (Å²) in [7, 11) is 0. The van der Waals surface area contributed by atoms with Crippen molar-refractivity contribution in [1.82, 2.24) is 9.88 Å². The number of carbonyl (C=O) groups excluding carboxylic acids is 1. The van der Waals surface area contributed by atoms with Crippen molar-refractivity contribution in [3.8, 4) is 0 Å². The summed E-state index contributed by atoms with van der Waals surface area (Å²) >= 11 is 5.94.